The van der Waals surface area contributed by atoms with Gasteiger partial charge in [-0.3, -0.25) is 18.9 Å². The lowest BCUT2D eigenvalue weighted by Gasteiger charge is -2.16. The Morgan fingerprint density at radius 2 is 1.80 bits per heavy atom. The van der Waals surface area contributed by atoms with E-state index in [1.807, 2.05) is 19.1 Å². The number of amides is 2. The maximum absolute atomic E-state index is 12.9. The third kappa shape index (κ3) is 3.72. The second-order valence-electron chi connectivity index (χ2n) is 6.82. The molecule has 4 rings (SSSR count). The molecule has 0 fully saturated rings. The van der Waals surface area contributed by atoms with Crippen molar-refractivity contribution < 1.29 is 9.59 Å². The Bertz CT molecular complexity index is 1230. The van der Waals surface area contributed by atoms with Crippen LogP contribution in [0, 0.1) is 6.92 Å². The summed E-state index contributed by atoms with van der Waals surface area (Å²) in [6.45, 7) is 3.36. The molecule has 0 bridgehead atoms. The van der Waals surface area contributed by atoms with Crippen LogP contribution in [0.4, 0.5) is 11.6 Å². The molecular weight excluding hydrogens is 382 g/mol. The van der Waals surface area contributed by atoms with Crippen molar-refractivity contribution in [1.82, 2.24) is 24.3 Å². The predicted molar refractivity (Wildman–Crippen MR) is 112 cm³/mol. The lowest BCUT2D eigenvalue weighted by atomic mass is 10.2. The van der Waals surface area contributed by atoms with Crippen LogP contribution in [0.3, 0.4) is 0 Å². The van der Waals surface area contributed by atoms with Crippen molar-refractivity contribution in [2.24, 2.45) is 0 Å². The fourth-order valence-electron chi connectivity index (χ4n) is 2.95. The summed E-state index contributed by atoms with van der Waals surface area (Å²) in [4.78, 5) is 42.7. The number of nitrogens with one attached hydrogen (secondary N) is 1. The van der Waals surface area contributed by atoms with E-state index >= 15 is 0 Å². The topological polar surface area (TPSA) is 105 Å². The van der Waals surface area contributed by atoms with Crippen LogP contribution >= 0.6 is 0 Å². The monoisotopic (exact) mass is 401 g/mol. The molecule has 0 spiro atoms. The van der Waals surface area contributed by atoms with Crippen LogP contribution in [0.2, 0.25) is 0 Å². The largest absolute Gasteiger partial charge is 0.311 e. The highest BCUT2D eigenvalue weighted by molar-refractivity contribution is 6.03. The maximum Gasteiger partial charge on any atom is 0.279 e. The Labute approximate surface area is 172 Å². The van der Waals surface area contributed by atoms with Crippen LogP contribution in [0.5, 0.6) is 0 Å². The van der Waals surface area contributed by atoms with Gasteiger partial charge < -0.3 is 5.32 Å². The van der Waals surface area contributed by atoms with Crippen molar-refractivity contribution in [3.8, 4) is 11.3 Å². The second-order valence-corrected chi connectivity index (χ2v) is 6.82. The summed E-state index contributed by atoms with van der Waals surface area (Å²) in [5.41, 5.74) is 3.41. The van der Waals surface area contributed by atoms with E-state index in [0.29, 0.717) is 17.3 Å². The standard InChI is InChI=1S/C21H19N7O2/c1-13-4-7-19(24-8-13)27(3)21(30)16-12-28-17(10-25-20(28)11-22-16)15-5-6-18(23-9-15)26-14(2)29/h4-12H,1-3H3,(H,23,26,29). The molecule has 150 valence electrons. The Balaban J connectivity index is 1.66. The highest BCUT2D eigenvalue weighted by atomic mass is 16.2. The summed E-state index contributed by atoms with van der Waals surface area (Å²) in [5.74, 6) is 0.527. The Morgan fingerprint density at radius 1 is 0.967 bits per heavy atom. The molecule has 9 nitrogen and oxygen atoms in total. The highest BCUT2D eigenvalue weighted by Crippen LogP contribution is 2.22. The summed E-state index contributed by atoms with van der Waals surface area (Å²) >= 11 is 0. The summed E-state index contributed by atoms with van der Waals surface area (Å²) in [7, 11) is 1.66. The minimum atomic E-state index is -0.285. The molecule has 30 heavy (non-hydrogen) atoms. The van der Waals surface area contributed by atoms with Gasteiger partial charge in [-0.25, -0.2) is 19.9 Å². The smallest absolute Gasteiger partial charge is 0.279 e. The van der Waals surface area contributed by atoms with Gasteiger partial charge in [0.2, 0.25) is 5.91 Å². The first kappa shape index (κ1) is 19.2. The van der Waals surface area contributed by atoms with Gasteiger partial charge in [-0.15, -0.1) is 0 Å². The van der Waals surface area contributed by atoms with E-state index in [-0.39, 0.29) is 17.5 Å². The van der Waals surface area contributed by atoms with Crippen LogP contribution in [-0.4, -0.2) is 43.2 Å². The van der Waals surface area contributed by atoms with Gasteiger partial charge in [-0.2, -0.15) is 0 Å². The van der Waals surface area contributed by atoms with Gasteiger partial charge >= 0.3 is 0 Å². The summed E-state index contributed by atoms with van der Waals surface area (Å²) in [5, 5.41) is 2.63. The van der Waals surface area contributed by atoms with Crippen LogP contribution in [-0.2, 0) is 4.79 Å². The quantitative estimate of drug-likeness (QED) is 0.564. The molecule has 0 aliphatic carbocycles. The van der Waals surface area contributed by atoms with Crippen LogP contribution in [0.15, 0.2) is 55.2 Å². The number of anilines is 2. The fourth-order valence-corrected chi connectivity index (χ4v) is 2.95. The summed E-state index contributed by atoms with van der Waals surface area (Å²) in [6, 6.07) is 7.22. The normalized spacial score (nSPS) is 10.8. The zero-order valence-corrected chi connectivity index (χ0v) is 16.7. The van der Waals surface area contributed by atoms with Crippen molar-refractivity contribution in [2.75, 3.05) is 17.3 Å². The number of hydrogen-bond acceptors (Lipinski definition) is 6. The number of fused-ring (bicyclic) bond motifs is 1. The molecule has 0 atom stereocenters. The molecule has 4 heterocycles. The number of aromatic nitrogens is 5. The zero-order chi connectivity index (χ0) is 21.3. The third-order valence-electron chi connectivity index (χ3n) is 4.52. The molecule has 1 N–H and O–H groups in total. The average Bonchev–Trinajstić information content (AvgIpc) is 3.16. The van der Waals surface area contributed by atoms with Crippen molar-refractivity contribution >= 4 is 29.1 Å². The Morgan fingerprint density at radius 3 is 2.47 bits per heavy atom. The van der Waals surface area contributed by atoms with Gasteiger partial charge in [0.1, 0.15) is 17.3 Å². The first-order valence-corrected chi connectivity index (χ1v) is 9.20. The predicted octanol–water partition coefficient (Wildman–Crippen LogP) is 2.73. The number of pyridine rings is 2. The first-order chi connectivity index (χ1) is 14.4. The summed E-state index contributed by atoms with van der Waals surface area (Å²) < 4.78 is 1.78. The number of hydrogen-bond donors (Lipinski definition) is 1. The average molecular weight is 401 g/mol. The molecule has 0 saturated carbocycles. The van der Waals surface area contributed by atoms with E-state index in [1.54, 1.807) is 54.6 Å². The van der Waals surface area contributed by atoms with Gasteiger partial charge in [0.25, 0.3) is 5.91 Å². The van der Waals surface area contributed by atoms with Gasteiger partial charge in [-0.05, 0) is 30.7 Å². The summed E-state index contributed by atoms with van der Waals surface area (Å²) in [6.07, 6.45) is 8.23. The van der Waals surface area contributed by atoms with E-state index in [4.69, 9.17) is 0 Å². The minimum Gasteiger partial charge on any atom is -0.311 e. The number of rotatable bonds is 4. The third-order valence-corrected chi connectivity index (χ3v) is 4.52. The van der Waals surface area contributed by atoms with Crippen LogP contribution in [0.1, 0.15) is 23.0 Å². The van der Waals surface area contributed by atoms with E-state index in [0.717, 1.165) is 16.8 Å². The van der Waals surface area contributed by atoms with Gasteiger partial charge in [0.05, 0.1) is 18.1 Å². The number of imidazole rings is 1. The fraction of sp³-hybridized carbons (Fsp3) is 0.143. The van der Waals surface area contributed by atoms with Crippen LogP contribution in [0.25, 0.3) is 16.9 Å². The number of carbonyl (C=O) groups excluding carboxylic acids is 2. The molecular formula is C21H19N7O2. The van der Waals surface area contributed by atoms with Gasteiger partial charge in [0.15, 0.2) is 5.65 Å². The molecule has 4 aromatic heterocycles. The Kier molecular flexibility index (Phi) is 4.93. The van der Waals surface area contributed by atoms with Crippen molar-refractivity contribution in [1.29, 1.82) is 0 Å². The van der Waals surface area contributed by atoms with Crippen LogP contribution < -0.4 is 10.2 Å². The lowest BCUT2D eigenvalue weighted by Crippen LogP contribution is -2.28. The second kappa shape index (κ2) is 7.70. The molecule has 0 unspecified atom stereocenters. The van der Waals surface area contributed by atoms with E-state index in [1.165, 1.54) is 11.8 Å². The van der Waals surface area contributed by atoms with E-state index in [9.17, 15) is 9.59 Å². The molecule has 0 radical (unpaired) electrons. The van der Waals surface area contributed by atoms with Crippen molar-refractivity contribution in [3.05, 3.63) is 66.5 Å². The van der Waals surface area contributed by atoms with Crippen molar-refractivity contribution in [3.63, 3.8) is 0 Å². The van der Waals surface area contributed by atoms with Gasteiger partial charge in [-0.1, -0.05) is 6.07 Å². The van der Waals surface area contributed by atoms with E-state index in [2.05, 4.69) is 25.3 Å². The molecule has 4 aromatic rings. The number of aryl methyl sites for hydroxylation is 1. The molecule has 9 heteroatoms. The zero-order valence-electron chi connectivity index (χ0n) is 16.7. The molecule has 0 aliphatic rings. The molecule has 2 amide bonds. The molecule has 0 aromatic carbocycles. The number of carbonyl (C=O) groups is 2. The highest BCUT2D eigenvalue weighted by Gasteiger charge is 2.18. The minimum absolute atomic E-state index is 0.188. The SMILES string of the molecule is CC(=O)Nc1ccc(-c2cnc3cnc(C(=O)N(C)c4ccc(C)cn4)cn23)cn1. The maximum atomic E-state index is 12.9. The van der Waals surface area contributed by atoms with Gasteiger partial charge in [0, 0.05) is 38.1 Å². The lowest BCUT2D eigenvalue weighted by molar-refractivity contribution is -0.114. The number of nitrogens with zero attached hydrogens (tertiary/aromatic N) is 6. The van der Waals surface area contributed by atoms with E-state index < -0.39 is 0 Å². The first-order valence-electron chi connectivity index (χ1n) is 9.20. The van der Waals surface area contributed by atoms with Crippen molar-refractivity contribution in [2.45, 2.75) is 13.8 Å². The Hall–Kier alpha value is -4.14. The molecule has 0 aliphatic heterocycles. The molecule has 0 saturated heterocycles.